The van der Waals surface area contributed by atoms with Gasteiger partial charge in [0.05, 0.1) is 9.21 Å². The molecule has 0 spiro atoms. The smallest absolute Gasteiger partial charge is 0.261 e. The lowest BCUT2D eigenvalue weighted by Gasteiger charge is -2.44. The largest absolute Gasteiger partial charge is 0.347 e. The van der Waals surface area contributed by atoms with Crippen molar-refractivity contribution in [2.45, 2.75) is 18.9 Å². The molecule has 0 aromatic carbocycles. The zero-order chi connectivity index (χ0) is 15.1. The van der Waals surface area contributed by atoms with Crippen LogP contribution in [-0.4, -0.2) is 36.5 Å². The Morgan fingerprint density at radius 1 is 1.14 bits per heavy atom. The minimum atomic E-state index is 0.0673. The van der Waals surface area contributed by atoms with Gasteiger partial charge < -0.3 is 10.2 Å². The summed E-state index contributed by atoms with van der Waals surface area (Å²) in [6.07, 6.45) is 2.43. The van der Waals surface area contributed by atoms with Gasteiger partial charge in [0.2, 0.25) is 0 Å². The first-order valence-corrected chi connectivity index (χ1v) is 9.59. The Bertz CT molecular complexity index is 688. The minimum absolute atomic E-state index is 0.0673. The van der Waals surface area contributed by atoms with Gasteiger partial charge in [0.25, 0.3) is 5.91 Å². The van der Waals surface area contributed by atoms with Gasteiger partial charge in [-0.05, 0) is 56.1 Å². The van der Waals surface area contributed by atoms with Crippen LogP contribution >= 0.6 is 34.3 Å². The Morgan fingerprint density at radius 2 is 1.86 bits per heavy atom. The second kappa shape index (κ2) is 5.96. The minimum Gasteiger partial charge on any atom is -0.347 e. The topological polar surface area (TPSA) is 32.3 Å². The molecule has 2 bridgehead atoms. The average molecular weight is 353 g/mol. The standard InChI is InChI=1S/C16H17ClN2OS2/c17-15-4-3-13(22-15)12-1-2-14(21-12)16(20)18-11-9-19-7-5-10(11)6-8-19/h1-4,10-11H,5-9H2,(H,18,20). The number of fused-ring (bicyclic) bond motifs is 3. The van der Waals surface area contributed by atoms with Gasteiger partial charge in [0.1, 0.15) is 0 Å². The van der Waals surface area contributed by atoms with Gasteiger partial charge in [-0.25, -0.2) is 0 Å². The number of nitrogens with zero attached hydrogens (tertiary/aromatic N) is 1. The van der Waals surface area contributed by atoms with Gasteiger partial charge >= 0.3 is 0 Å². The molecule has 3 aliphatic rings. The van der Waals surface area contributed by atoms with E-state index in [0.717, 1.165) is 25.5 Å². The van der Waals surface area contributed by atoms with Crippen molar-refractivity contribution < 1.29 is 4.79 Å². The fourth-order valence-electron chi connectivity index (χ4n) is 3.41. The molecule has 2 aromatic rings. The summed E-state index contributed by atoms with van der Waals surface area (Å²) in [6, 6.07) is 8.15. The van der Waals surface area contributed by atoms with Crippen molar-refractivity contribution in [2.24, 2.45) is 5.92 Å². The Labute approximate surface area is 142 Å². The lowest BCUT2D eigenvalue weighted by atomic mass is 9.84. The summed E-state index contributed by atoms with van der Waals surface area (Å²) in [5, 5.41) is 3.24. The molecule has 1 unspecified atom stereocenters. The summed E-state index contributed by atoms with van der Waals surface area (Å²) in [7, 11) is 0. The molecule has 22 heavy (non-hydrogen) atoms. The van der Waals surface area contributed by atoms with Crippen LogP contribution in [0.25, 0.3) is 9.75 Å². The first-order chi connectivity index (χ1) is 10.7. The van der Waals surface area contributed by atoms with Crippen molar-refractivity contribution in [1.29, 1.82) is 0 Å². The van der Waals surface area contributed by atoms with Gasteiger partial charge in [-0.15, -0.1) is 22.7 Å². The Morgan fingerprint density at radius 3 is 2.50 bits per heavy atom. The number of hydrogen-bond donors (Lipinski definition) is 1. The van der Waals surface area contributed by atoms with Gasteiger partial charge in [-0.2, -0.15) is 0 Å². The Kier molecular flexibility index (Phi) is 3.98. The van der Waals surface area contributed by atoms with Crippen molar-refractivity contribution in [2.75, 3.05) is 19.6 Å². The summed E-state index contributed by atoms with van der Waals surface area (Å²) in [4.78, 5) is 18.0. The Balaban J connectivity index is 1.46. The molecule has 0 saturated carbocycles. The molecule has 5 rings (SSSR count). The highest BCUT2D eigenvalue weighted by molar-refractivity contribution is 7.24. The monoisotopic (exact) mass is 352 g/mol. The normalized spacial score (nSPS) is 27.0. The van der Waals surface area contributed by atoms with E-state index in [1.807, 2.05) is 24.3 Å². The summed E-state index contributed by atoms with van der Waals surface area (Å²) in [5.74, 6) is 0.724. The van der Waals surface area contributed by atoms with Crippen LogP contribution < -0.4 is 5.32 Å². The number of halogens is 1. The number of rotatable bonds is 3. The summed E-state index contributed by atoms with van der Waals surface area (Å²) < 4.78 is 0.779. The fraction of sp³-hybridized carbons (Fsp3) is 0.438. The highest BCUT2D eigenvalue weighted by Gasteiger charge is 2.35. The van der Waals surface area contributed by atoms with Crippen molar-refractivity contribution in [3.8, 4) is 9.75 Å². The molecule has 116 valence electrons. The first-order valence-electron chi connectivity index (χ1n) is 7.58. The van der Waals surface area contributed by atoms with E-state index in [0.29, 0.717) is 12.0 Å². The zero-order valence-electron chi connectivity index (χ0n) is 12.0. The maximum absolute atomic E-state index is 12.5. The van der Waals surface area contributed by atoms with Crippen LogP contribution in [0.3, 0.4) is 0 Å². The molecule has 0 radical (unpaired) electrons. The maximum atomic E-state index is 12.5. The second-order valence-corrected chi connectivity index (χ2v) is 8.78. The van der Waals surface area contributed by atoms with Crippen LogP contribution in [0.15, 0.2) is 24.3 Å². The molecule has 3 aliphatic heterocycles. The third-order valence-corrected chi connectivity index (χ3v) is 7.13. The van der Waals surface area contributed by atoms with Crippen LogP contribution in [0.5, 0.6) is 0 Å². The molecule has 1 atom stereocenters. The van der Waals surface area contributed by atoms with E-state index in [-0.39, 0.29) is 5.91 Å². The van der Waals surface area contributed by atoms with Crippen LogP contribution in [0.4, 0.5) is 0 Å². The molecular weight excluding hydrogens is 336 g/mol. The number of carbonyl (C=O) groups is 1. The predicted octanol–water partition coefficient (Wildman–Crippen LogP) is 3.95. The number of piperidine rings is 3. The average Bonchev–Trinajstić information content (AvgIpc) is 3.17. The number of carbonyl (C=O) groups excluding carboxylic acids is 1. The lowest BCUT2D eigenvalue weighted by molar-refractivity contribution is 0.0622. The maximum Gasteiger partial charge on any atom is 0.261 e. The van der Waals surface area contributed by atoms with E-state index < -0.39 is 0 Å². The van der Waals surface area contributed by atoms with Crippen LogP contribution in [0.1, 0.15) is 22.5 Å². The number of nitrogens with one attached hydrogen (secondary N) is 1. The second-order valence-electron chi connectivity index (χ2n) is 5.99. The van der Waals surface area contributed by atoms with E-state index in [1.54, 1.807) is 22.7 Å². The van der Waals surface area contributed by atoms with Gasteiger partial charge in [-0.3, -0.25) is 4.79 Å². The SMILES string of the molecule is O=C(NC1CN2CCC1CC2)c1ccc(-c2ccc(Cl)s2)s1. The summed E-state index contributed by atoms with van der Waals surface area (Å²) in [5.41, 5.74) is 0. The lowest BCUT2D eigenvalue weighted by Crippen LogP contribution is -2.57. The number of thiophene rings is 2. The molecule has 0 aliphatic carbocycles. The predicted molar refractivity (Wildman–Crippen MR) is 93.1 cm³/mol. The van der Waals surface area contributed by atoms with Crippen molar-refractivity contribution >= 4 is 40.2 Å². The summed E-state index contributed by atoms with van der Waals surface area (Å²) in [6.45, 7) is 3.40. The van der Waals surface area contributed by atoms with E-state index >= 15 is 0 Å². The van der Waals surface area contributed by atoms with Crippen LogP contribution in [0, 0.1) is 5.92 Å². The number of hydrogen-bond acceptors (Lipinski definition) is 4. The molecule has 3 fully saturated rings. The third-order valence-electron chi connectivity index (χ3n) is 4.62. The molecule has 3 saturated heterocycles. The van der Waals surface area contributed by atoms with E-state index in [2.05, 4.69) is 10.2 Å². The molecular formula is C16H17ClN2OS2. The number of amides is 1. The highest BCUT2D eigenvalue weighted by Crippen LogP contribution is 2.35. The van der Waals surface area contributed by atoms with E-state index in [1.165, 1.54) is 25.9 Å². The van der Waals surface area contributed by atoms with Gasteiger partial charge in [0, 0.05) is 22.3 Å². The van der Waals surface area contributed by atoms with Crippen molar-refractivity contribution in [3.05, 3.63) is 33.5 Å². The zero-order valence-corrected chi connectivity index (χ0v) is 14.4. The summed E-state index contributed by atoms with van der Waals surface area (Å²) >= 11 is 9.07. The van der Waals surface area contributed by atoms with Crippen LogP contribution in [-0.2, 0) is 0 Å². The van der Waals surface area contributed by atoms with Crippen molar-refractivity contribution in [1.82, 2.24) is 10.2 Å². The molecule has 2 aromatic heterocycles. The molecule has 3 nitrogen and oxygen atoms in total. The fourth-order valence-corrected chi connectivity index (χ4v) is 5.45. The molecule has 1 N–H and O–H groups in total. The molecule has 5 heterocycles. The quantitative estimate of drug-likeness (QED) is 0.907. The van der Waals surface area contributed by atoms with Crippen molar-refractivity contribution in [3.63, 3.8) is 0 Å². The van der Waals surface area contributed by atoms with E-state index in [4.69, 9.17) is 11.6 Å². The molecule has 1 amide bonds. The highest BCUT2D eigenvalue weighted by atomic mass is 35.5. The van der Waals surface area contributed by atoms with Gasteiger partial charge in [-0.1, -0.05) is 11.6 Å². The van der Waals surface area contributed by atoms with Gasteiger partial charge in [0.15, 0.2) is 0 Å². The Hall–Kier alpha value is -0.880. The third kappa shape index (κ3) is 2.83. The van der Waals surface area contributed by atoms with E-state index in [9.17, 15) is 4.79 Å². The molecule has 6 heteroatoms. The first kappa shape index (κ1) is 14.7. The van der Waals surface area contributed by atoms with Crippen LogP contribution in [0.2, 0.25) is 4.34 Å².